The van der Waals surface area contributed by atoms with E-state index in [0.29, 0.717) is 22.4 Å². The lowest BCUT2D eigenvalue weighted by Gasteiger charge is -2.24. The number of piperidine rings is 1. The van der Waals surface area contributed by atoms with Crippen LogP contribution in [0.2, 0.25) is 0 Å². The summed E-state index contributed by atoms with van der Waals surface area (Å²) in [6, 6.07) is 7.17. The van der Waals surface area contributed by atoms with Crippen LogP contribution >= 0.6 is 11.8 Å². The van der Waals surface area contributed by atoms with Crippen molar-refractivity contribution in [2.24, 2.45) is 0 Å². The monoisotopic (exact) mass is 412 g/mol. The van der Waals surface area contributed by atoms with Crippen LogP contribution < -0.4 is 20.1 Å². The molecule has 29 heavy (non-hydrogen) atoms. The highest BCUT2D eigenvalue weighted by Gasteiger charge is 2.25. The van der Waals surface area contributed by atoms with E-state index in [1.165, 1.54) is 6.33 Å². The van der Waals surface area contributed by atoms with Crippen LogP contribution in [0.1, 0.15) is 24.0 Å². The molecule has 1 aromatic carbocycles. The van der Waals surface area contributed by atoms with Gasteiger partial charge in [-0.1, -0.05) is 12.1 Å². The Kier molecular flexibility index (Phi) is 5.77. The molecule has 0 bridgehead atoms. The van der Waals surface area contributed by atoms with Crippen LogP contribution in [0, 0.1) is 6.92 Å². The van der Waals surface area contributed by atoms with Crippen LogP contribution in [-0.4, -0.2) is 40.3 Å². The average Bonchev–Trinajstić information content (AvgIpc) is 3.04. The standard InChI is InChI=1S/C20H20N4O4S/c1-12-18(22-11-23-19(12)28-15-6-8-21-9-7-15)27-14-4-2-13(3-5-14)10-16-17(25)24-20(26)29-16/h2-5,10-11,15,21H,6-9H2,1H3,(H,24,25,26). The van der Waals surface area contributed by atoms with E-state index in [4.69, 9.17) is 9.47 Å². The van der Waals surface area contributed by atoms with Gasteiger partial charge in [0, 0.05) is 0 Å². The fourth-order valence-corrected chi connectivity index (χ4v) is 3.71. The van der Waals surface area contributed by atoms with Gasteiger partial charge >= 0.3 is 0 Å². The van der Waals surface area contributed by atoms with E-state index >= 15 is 0 Å². The number of ether oxygens (including phenoxy) is 2. The maximum atomic E-state index is 11.6. The maximum Gasteiger partial charge on any atom is 0.290 e. The van der Waals surface area contributed by atoms with Crippen LogP contribution in [0.4, 0.5) is 4.79 Å². The van der Waals surface area contributed by atoms with E-state index < -0.39 is 0 Å². The summed E-state index contributed by atoms with van der Waals surface area (Å²) in [5.74, 6) is 1.20. The van der Waals surface area contributed by atoms with Crippen LogP contribution in [0.15, 0.2) is 35.5 Å². The molecule has 3 heterocycles. The minimum Gasteiger partial charge on any atom is -0.474 e. The van der Waals surface area contributed by atoms with Gasteiger partial charge in [0.15, 0.2) is 0 Å². The van der Waals surface area contributed by atoms with Gasteiger partial charge in [-0.05, 0) is 68.4 Å². The smallest absolute Gasteiger partial charge is 0.290 e. The van der Waals surface area contributed by atoms with Gasteiger partial charge in [0.1, 0.15) is 18.2 Å². The van der Waals surface area contributed by atoms with Crippen LogP contribution in [0.25, 0.3) is 6.08 Å². The number of benzene rings is 1. The first-order chi connectivity index (χ1) is 14.1. The second kappa shape index (κ2) is 8.62. The fourth-order valence-electron chi connectivity index (χ4n) is 3.03. The Bertz CT molecular complexity index is 955. The Morgan fingerprint density at radius 3 is 2.52 bits per heavy atom. The molecule has 2 saturated heterocycles. The fraction of sp³-hybridized carbons (Fsp3) is 0.300. The van der Waals surface area contributed by atoms with Crippen molar-refractivity contribution in [3.63, 3.8) is 0 Å². The molecule has 8 nitrogen and oxygen atoms in total. The third-order valence-corrected chi connectivity index (χ3v) is 5.40. The highest BCUT2D eigenvalue weighted by atomic mass is 32.2. The van der Waals surface area contributed by atoms with Gasteiger partial charge < -0.3 is 14.8 Å². The maximum absolute atomic E-state index is 11.6. The topological polar surface area (TPSA) is 102 Å². The molecule has 1 aromatic heterocycles. The molecule has 0 atom stereocenters. The van der Waals surface area contributed by atoms with E-state index in [2.05, 4.69) is 20.6 Å². The van der Waals surface area contributed by atoms with E-state index in [9.17, 15) is 9.59 Å². The molecule has 2 fully saturated rings. The first-order valence-corrected chi connectivity index (χ1v) is 10.1. The molecule has 0 radical (unpaired) electrons. The van der Waals surface area contributed by atoms with Crippen molar-refractivity contribution in [1.82, 2.24) is 20.6 Å². The number of amides is 2. The second-order valence-electron chi connectivity index (χ2n) is 6.70. The number of hydrogen-bond acceptors (Lipinski definition) is 8. The molecule has 0 saturated carbocycles. The van der Waals surface area contributed by atoms with Gasteiger partial charge in [-0.15, -0.1) is 0 Å². The lowest BCUT2D eigenvalue weighted by Crippen LogP contribution is -2.34. The number of carbonyl (C=O) groups excluding carboxylic acids is 2. The minimum absolute atomic E-state index is 0.141. The Hall–Kier alpha value is -2.91. The van der Waals surface area contributed by atoms with Gasteiger partial charge in [0.05, 0.1) is 10.5 Å². The Balaban J connectivity index is 1.45. The van der Waals surface area contributed by atoms with E-state index in [-0.39, 0.29) is 17.3 Å². The summed E-state index contributed by atoms with van der Waals surface area (Å²) < 4.78 is 11.9. The first kappa shape index (κ1) is 19.4. The number of hydrogen-bond donors (Lipinski definition) is 2. The van der Waals surface area contributed by atoms with Gasteiger partial charge in [-0.3, -0.25) is 14.9 Å². The number of carbonyl (C=O) groups is 2. The molecule has 4 rings (SSSR count). The predicted molar refractivity (Wildman–Crippen MR) is 109 cm³/mol. The zero-order valence-electron chi connectivity index (χ0n) is 15.8. The van der Waals surface area contributed by atoms with Crippen molar-refractivity contribution in [2.45, 2.75) is 25.9 Å². The van der Waals surface area contributed by atoms with Gasteiger partial charge in [-0.2, -0.15) is 0 Å². The summed E-state index contributed by atoms with van der Waals surface area (Å²) >= 11 is 0.889. The number of aromatic nitrogens is 2. The lowest BCUT2D eigenvalue weighted by molar-refractivity contribution is -0.115. The first-order valence-electron chi connectivity index (χ1n) is 9.30. The summed E-state index contributed by atoms with van der Waals surface area (Å²) in [6.45, 7) is 3.75. The molecular formula is C20H20N4O4S. The van der Waals surface area contributed by atoms with Crippen LogP contribution in [0.5, 0.6) is 17.5 Å². The molecule has 0 aliphatic carbocycles. The summed E-state index contributed by atoms with van der Waals surface area (Å²) in [7, 11) is 0. The summed E-state index contributed by atoms with van der Waals surface area (Å²) in [4.78, 5) is 31.7. The second-order valence-corrected chi connectivity index (χ2v) is 7.71. The number of rotatable bonds is 5. The average molecular weight is 412 g/mol. The van der Waals surface area contributed by atoms with Gasteiger partial charge in [0.25, 0.3) is 11.1 Å². The normalized spacial score (nSPS) is 18.7. The predicted octanol–water partition coefficient (Wildman–Crippen LogP) is 3.03. The largest absolute Gasteiger partial charge is 0.474 e. The van der Waals surface area contributed by atoms with E-state index in [0.717, 1.165) is 48.8 Å². The number of imide groups is 1. The molecule has 2 aliphatic heterocycles. The van der Waals surface area contributed by atoms with Gasteiger partial charge in [0.2, 0.25) is 11.8 Å². The Morgan fingerprint density at radius 2 is 1.83 bits per heavy atom. The Morgan fingerprint density at radius 1 is 1.10 bits per heavy atom. The van der Waals surface area contributed by atoms with Crippen LogP contribution in [-0.2, 0) is 4.79 Å². The van der Waals surface area contributed by atoms with Crippen molar-refractivity contribution >= 4 is 29.0 Å². The highest BCUT2D eigenvalue weighted by molar-refractivity contribution is 8.18. The molecule has 2 amide bonds. The molecule has 2 aliphatic rings. The zero-order valence-corrected chi connectivity index (χ0v) is 16.6. The summed E-state index contributed by atoms with van der Waals surface area (Å²) in [5, 5.41) is 5.19. The van der Waals surface area contributed by atoms with Gasteiger partial charge in [-0.25, -0.2) is 9.97 Å². The molecule has 2 aromatic rings. The molecule has 0 spiro atoms. The highest BCUT2D eigenvalue weighted by Crippen LogP contribution is 2.30. The summed E-state index contributed by atoms with van der Waals surface area (Å²) in [5.41, 5.74) is 1.54. The minimum atomic E-state index is -0.377. The van der Waals surface area contributed by atoms with Crippen LogP contribution in [0.3, 0.4) is 0 Å². The van der Waals surface area contributed by atoms with E-state index in [1.807, 2.05) is 19.1 Å². The molecule has 2 N–H and O–H groups in total. The number of thioether (sulfide) groups is 1. The zero-order chi connectivity index (χ0) is 20.2. The molecule has 0 unspecified atom stereocenters. The lowest BCUT2D eigenvalue weighted by atomic mass is 10.1. The van der Waals surface area contributed by atoms with Crippen molar-refractivity contribution in [3.8, 4) is 17.5 Å². The molecule has 9 heteroatoms. The SMILES string of the molecule is Cc1c(Oc2ccc(C=C3SC(=O)NC3=O)cc2)ncnc1OC1CCNCC1. The number of nitrogens with one attached hydrogen (secondary N) is 2. The van der Waals surface area contributed by atoms with Crippen molar-refractivity contribution in [2.75, 3.05) is 13.1 Å². The van der Waals surface area contributed by atoms with Crippen molar-refractivity contribution in [3.05, 3.63) is 46.6 Å². The number of nitrogens with zero attached hydrogens (tertiary/aromatic N) is 2. The van der Waals surface area contributed by atoms with E-state index in [1.54, 1.807) is 18.2 Å². The van der Waals surface area contributed by atoms with Crippen molar-refractivity contribution in [1.29, 1.82) is 0 Å². The molecule has 150 valence electrons. The Labute approximate surface area is 172 Å². The third-order valence-electron chi connectivity index (χ3n) is 4.59. The quantitative estimate of drug-likeness (QED) is 0.723. The molecular weight excluding hydrogens is 392 g/mol. The third kappa shape index (κ3) is 4.75. The van der Waals surface area contributed by atoms with Crippen molar-refractivity contribution < 1.29 is 19.1 Å². The summed E-state index contributed by atoms with van der Waals surface area (Å²) in [6.07, 6.45) is 5.12.